The molecule has 0 saturated heterocycles. The molecule has 0 aromatic heterocycles. The first kappa shape index (κ1) is 20.4. The first-order valence-corrected chi connectivity index (χ1v) is 9.64. The number of carbonyl (C=O) groups is 1. The molecule has 0 spiro atoms. The third kappa shape index (κ3) is 5.04. The van der Waals surface area contributed by atoms with E-state index in [1.54, 1.807) is 18.2 Å². The number of nitrogen functional groups attached to an aromatic ring is 1. The van der Waals surface area contributed by atoms with Crippen molar-refractivity contribution in [2.45, 2.75) is 11.3 Å². The molecule has 3 N–H and O–H groups in total. The van der Waals surface area contributed by atoms with Crippen LogP contribution in [0.1, 0.15) is 6.42 Å². The lowest BCUT2D eigenvalue weighted by Crippen LogP contribution is -2.17. The lowest BCUT2D eigenvalue weighted by atomic mass is 10.2. The molecule has 0 radical (unpaired) electrons. The first-order valence-electron chi connectivity index (χ1n) is 7.99. The van der Waals surface area contributed by atoms with Crippen LogP contribution in [0.25, 0.3) is 0 Å². The van der Waals surface area contributed by atoms with Gasteiger partial charge in [0.15, 0.2) is 21.3 Å². The Labute approximate surface area is 158 Å². The molecule has 0 heterocycles. The van der Waals surface area contributed by atoms with E-state index in [9.17, 15) is 13.2 Å². The molecule has 0 aliphatic heterocycles. The maximum Gasteiger partial charge on any atom is 0.225 e. The van der Waals surface area contributed by atoms with Crippen LogP contribution >= 0.6 is 0 Å². The van der Waals surface area contributed by atoms with Gasteiger partial charge in [0.1, 0.15) is 5.75 Å². The van der Waals surface area contributed by atoms with E-state index < -0.39 is 15.7 Å². The standard InChI is InChI=1S/C18H22N2O6S/c1-24-15-6-4-12(10-14(15)19)20-18(21)8-9-27(22,23)13-5-7-16(25-2)17(11-13)26-3/h4-7,10-11H,8-9,19H2,1-3H3,(H,20,21). The average molecular weight is 394 g/mol. The van der Waals surface area contributed by atoms with Gasteiger partial charge in [-0.2, -0.15) is 0 Å². The van der Waals surface area contributed by atoms with Crippen molar-refractivity contribution in [3.8, 4) is 17.2 Å². The number of carbonyl (C=O) groups excluding carboxylic acids is 1. The summed E-state index contributed by atoms with van der Waals surface area (Å²) in [7, 11) is 0.703. The topological polar surface area (TPSA) is 117 Å². The van der Waals surface area contributed by atoms with Gasteiger partial charge in [-0.1, -0.05) is 0 Å². The lowest BCUT2D eigenvalue weighted by Gasteiger charge is -2.11. The minimum absolute atomic E-state index is 0.0571. The van der Waals surface area contributed by atoms with Gasteiger partial charge in [-0.15, -0.1) is 0 Å². The lowest BCUT2D eigenvalue weighted by molar-refractivity contribution is -0.115. The fraction of sp³-hybridized carbons (Fsp3) is 0.278. The zero-order valence-electron chi connectivity index (χ0n) is 15.3. The second-order valence-electron chi connectivity index (χ2n) is 5.59. The molecular formula is C18H22N2O6S. The van der Waals surface area contributed by atoms with Gasteiger partial charge in [0.05, 0.1) is 37.7 Å². The summed E-state index contributed by atoms with van der Waals surface area (Å²) in [5, 5.41) is 2.62. The highest BCUT2D eigenvalue weighted by atomic mass is 32.2. The fourth-order valence-electron chi connectivity index (χ4n) is 2.39. The molecule has 8 nitrogen and oxygen atoms in total. The third-order valence-electron chi connectivity index (χ3n) is 3.83. The Kier molecular flexibility index (Phi) is 6.51. The second kappa shape index (κ2) is 8.63. The predicted molar refractivity (Wildman–Crippen MR) is 102 cm³/mol. The van der Waals surface area contributed by atoms with E-state index in [2.05, 4.69) is 5.32 Å². The third-order valence-corrected chi connectivity index (χ3v) is 5.54. The molecule has 0 saturated carbocycles. The van der Waals surface area contributed by atoms with Crippen LogP contribution in [0.5, 0.6) is 17.2 Å². The van der Waals surface area contributed by atoms with Crippen LogP contribution < -0.4 is 25.3 Å². The maximum absolute atomic E-state index is 12.5. The molecule has 0 bridgehead atoms. The zero-order chi connectivity index (χ0) is 20.0. The first-order chi connectivity index (χ1) is 12.8. The Hall–Kier alpha value is -2.94. The Balaban J connectivity index is 2.04. The minimum atomic E-state index is -3.67. The summed E-state index contributed by atoms with van der Waals surface area (Å²) >= 11 is 0. The quantitative estimate of drug-likeness (QED) is 0.658. The van der Waals surface area contributed by atoms with Crippen molar-refractivity contribution in [1.82, 2.24) is 0 Å². The molecule has 0 aliphatic carbocycles. The summed E-state index contributed by atoms with van der Waals surface area (Å²) in [5.74, 6) is 0.427. The number of amides is 1. The number of nitrogens with two attached hydrogens (primary N) is 1. The zero-order valence-corrected chi connectivity index (χ0v) is 16.1. The highest BCUT2D eigenvalue weighted by Gasteiger charge is 2.19. The number of methoxy groups -OCH3 is 3. The Morgan fingerprint density at radius 3 is 2.19 bits per heavy atom. The van der Waals surface area contributed by atoms with E-state index in [1.807, 2.05) is 0 Å². The Bertz CT molecular complexity index is 927. The molecule has 0 aliphatic rings. The summed E-state index contributed by atoms with van der Waals surface area (Å²) in [5.41, 5.74) is 6.61. The summed E-state index contributed by atoms with van der Waals surface area (Å²) in [4.78, 5) is 12.1. The number of hydrogen-bond acceptors (Lipinski definition) is 7. The van der Waals surface area contributed by atoms with Gasteiger partial charge in [-0.25, -0.2) is 8.42 Å². The number of ether oxygens (including phenoxy) is 3. The molecule has 1 amide bonds. The molecule has 2 aromatic rings. The normalized spacial score (nSPS) is 10.9. The smallest absolute Gasteiger partial charge is 0.225 e. The molecule has 2 aromatic carbocycles. The molecule has 9 heteroatoms. The van der Waals surface area contributed by atoms with Gasteiger partial charge < -0.3 is 25.3 Å². The van der Waals surface area contributed by atoms with Gasteiger partial charge in [-0.3, -0.25) is 4.79 Å². The molecule has 27 heavy (non-hydrogen) atoms. The molecule has 146 valence electrons. The Morgan fingerprint density at radius 1 is 0.963 bits per heavy atom. The SMILES string of the molecule is COc1ccc(NC(=O)CCS(=O)(=O)c2ccc(OC)c(OC)c2)cc1N. The van der Waals surface area contributed by atoms with Crippen molar-refractivity contribution in [3.63, 3.8) is 0 Å². The van der Waals surface area contributed by atoms with E-state index in [1.165, 1.54) is 39.5 Å². The average Bonchev–Trinajstić information content (AvgIpc) is 2.66. The van der Waals surface area contributed by atoms with Crippen LogP contribution in [0.3, 0.4) is 0 Å². The Morgan fingerprint density at radius 2 is 1.59 bits per heavy atom. The number of nitrogens with one attached hydrogen (secondary N) is 1. The van der Waals surface area contributed by atoms with E-state index in [0.717, 1.165) is 0 Å². The number of rotatable bonds is 8. The molecule has 2 rings (SSSR count). The van der Waals surface area contributed by atoms with Gasteiger partial charge >= 0.3 is 0 Å². The van der Waals surface area contributed by atoms with Crippen LogP contribution in [0.15, 0.2) is 41.3 Å². The highest BCUT2D eigenvalue weighted by molar-refractivity contribution is 7.91. The summed E-state index contributed by atoms with van der Waals surface area (Å²) < 4.78 is 40.2. The summed E-state index contributed by atoms with van der Waals surface area (Å²) in [6.45, 7) is 0. The second-order valence-corrected chi connectivity index (χ2v) is 7.70. The van der Waals surface area contributed by atoms with E-state index in [4.69, 9.17) is 19.9 Å². The highest BCUT2D eigenvalue weighted by Crippen LogP contribution is 2.30. The van der Waals surface area contributed by atoms with Crippen molar-refractivity contribution in [2.75, 3.05) is 38.1 Å². The number of benzene rings is 2. The van der Waals surface area contributed by atoms with E-state index in [-0.39, 0.29) is 17.1 Å². The monoisotopic (exact) mass is 394 g/mol. The van der Waals surface area contributed by atoms with E-state index in [0.29, 0.717) is 28.6 Å². The molecule has 0 atom stereocenters. The number of hydrogen-bond donors (Lipinski definition) is 2. The fourth-order valence-corrected chi connectivity index (χ4v) is 3.64. The van der Waals surface area contributed by atoms with Gasteiger partial charge in [0.25, 0.3) is 0 Å². The number of anilines is 2. The predicted octanol–water partition coefficient (Wildman–Crippen LogP) is 2.10. The van der Waals surface area contributed by atoms with Crippen molar-refractivity contribution < 1.29 is 27.4 Å². The van der Waals surface area contributed by atoms with Gasteiger partial charge in [-0.05, 0) is 30.3 Å². The maximum atomic E-state index is 12.5. The molecular weight excluding hydrogens is 372 g/mol. The summed E-state index contributed by atoms with van der Waals surface area (Å²) in [6.07, 6.45) is -0.206. The summed E-state index contributed by atoms with van der Waals surface area (Å²) in [6, 6.07) is 9.07. The van der Waals surface area contributed by atoms with Crippen molar-refractivity contribution in [3.05, 3.63) is 36.4 Å². The molecule has 0 fully saturated rings. The van der Waals surface area contributed by atoms with E-state index >= 15 is 0 Å². The van der Waals surface area contributed by atoms with Crippen molar-refractivity contribution in [1.29, 1.82) is 0 Å². The van der Waals surface area contributed by atoms with Crippen molar-refractivity contribution in [2.24, 2.45) is 0 Å². The largest absolute Gasteiger partial charge is 0.495 e. The minimum Gasteiger partial charge on any atom is -0.495 e. The van der Waals surface area contributed by atoms with Crippen LogP contribution in [0, 0.1) is 0 Å². The van der Waals surface area contributed by atoms with Crippen molar-refractivity contribution >= 4 is 27.1 Å². The van der Waals surface area contributed by atoms with Crippen LogP contribution in [-0.4, -0.2) is 41.4 Å². The van der Waals surface area contributed by atoms with Gasteiger partial charge in [0.2, 0.25) is 5.91 Å². The van der Waals surface area contributed by atoms with Crippen LogP contribution in [-0.2, 0) is 14.6 Å². The van der Waals surface area contributed by atoms with Gasteiger partial charge in [0, 0.05) is 18.2 Å². The van der Waals surface area contributed by atoms with Crippen LogP contribution in [0.2, 0.25) is 0 Å². The molecule has 0 unspecified atom stereocenters. The number of sulfone groups is 1. The van der Waals surface area contributed by atoms with Crippen LogP contribution in [0.4, 0.5) is 11.4 Å².